The zero-order chi connectivity index (χ0) is 15.6. The molecule has 0 bridgehead atoms. The van der Waals surface area contributed by atoms with Gasteiger partial charge in [-0.15, -0.1) is 12.4 Å². The van der Waals surface area contributed by atoms with Crippen LogP contribution in [0.15, 0.2) is 23.1 Å². The molecule has 2 rings (SSSR count). The van der Waals surface area contributed by atoms with Crippen molar-refractivity contribution in [1.82, 2.24) is 10.0 Å². The SMILES string of the molecule is Cc1ccc(S(=O)(=O)NC2CCCNC2C)cc1[N+](=O)[O-].Cl. The molecule has 1 aromatic rings. The third-order valence-corrected chi connectivity index (χ3v) is 5.24. The van der Waals surface area contributed by atoms with Gasteiger partial charge in [0, 0.05) is 23.7 Å². The molecule has 7 nitrogen and oxygen atoms in total. The van der Waals surface area contributed by atoms with Gasteiger partial charge < -0.3 is 5.32 Å². The monoisotopic (exact) mass is 349 g/mol. The first-order chi connectivity index (χ1) is 9.81. The molecule has 1 fully saturated rings. The average molecular weight is 350 g/mol. The summed E-state index contributed by atoms with van der Waals surface area (Å²) in [5, 5.41) is 14.1. The molecule has 0 aliphatic carbocycles. The van der Waals surface area contributed by atoms with Crippen LogP contribution in [-0.4, -0.2) is 32.0 Å². The maximum absolute atomic E-state index is 12.4. The van der Waals surface area contributed by atoms with Gasteiger partial charge in [-0.05, 0) is 39.3 Å². The van der Waals surface area contributed by atoms with E-state index in [1.807, 2.05) is 6.92 Å². The summed E-state index contributed by atoms with van der Waals surface area (Å²) < 4.78 is 27.4. The summed E-state index contributed by atoms with van der Waals surface area (Å²) in [5.41, 5.74) is 0.249. The van der Waals surface area contributed by atoms with Crippen molar-refractivity contribution in [3.63, 3.8) is 0 Å². The Morgan fingerprint density at radius 3 is 2.68 bits per heavy atom. The molecule has 1 saturated heterocycles. The lowest BCUT2D eigenvalue weighted by atomic mass is 10.0. The molecule has 1 aliphatic heterocycles. The maximum Gasteiger partial charge on any atom is 0.273 e. The Hall–Kier alpha value is -1.22. The highest BCUT2D eigenvalue weighted by molar-refractivity contribution is 7.89. The lowest BCUT2D eigenvalue weighted by Crippen LogP contribution is -2.51. The number of nitro benzene ring substituents is 1. The summed E-state index contributed by atoms with van der Waals surface area (Å²) >= 11 is 0. The first-order valence-corrected chi connectivity index (χ1v) is 8.30. The molecule has 124 valence electrons. The summed E-state index contributed by atoms with van der Waals surface area (Å²) in [6.07, 6.45) is 1.65. The Balaban J connectivity index is 0.00000242. The van der Waals surface area contributed by atoms with Crippen molar-refractivity contribution in [2.45, 2.75) is 43.7 Å². The summed E-state index contributed by atoms with van der Waals surface area (Å²) in [7, 11) is -3.76. The van der Waals surface area contributed by atoms with Gasteiger partial charge in [-0.1, -0.05) is 6.07 Å². The van der Waals surface area contributed by atoms with Crippen LogP contribution in [0.2, 0.25) is 0 Å². The predicted octanol–water partition coefficient (Wildman–Crippen LogP) is 1.74. The molecule has 0 amide bonds. The van der Waals surface area contributed by atoms with Gasteiger partial charge in [-0.3, -0.25) is 10.1 Å². The van der Waals surface area contributed by atoms with Crippen LogP contribution in [0.3, 0.4) is 0 Å². The van der Waals surface area contributed by atoms with Gasteiger partial charge in [-0.25, -0.2) is 13.1 Å². The van der Waals surface area contributed by atoms with Crippen LogP contribution in [-0.2, 0) is 10.0 Å². The second-order valence-electron chi connectivity index (χ2n) is 5.32. The molecule has 0 saturated carbocycles. The number of hydrogen-bond acceptors (Lipinski definition) is 5. The molecular formula is C13H20ClN3O4S. The van der Waals surface area contributed by atoms with E-state index in [9.17, 15) is 18.5 Å². The highest BCUT2D eigenvalue weighted by Crippen LogP contribution is 2.23. The van der Waals surface area contributed by atoms with Crippen LogP contribution in [0.1, 0.15) is 25.3 Å². The fraction of sp³-hybridized carbons (Fsp3) is 0.538. The standard InChI is InChI=1S/C13H19N3O4S.ClH/c1-9-5-6-11(8-13(9)16(17)18)21(19,20)15-12-4-3-7-14-10(12)2;/h5-6,8,10,12,14-15H,3-4,7H2,1-2H3;1H. The van der Waals surface area contributed by atoms with Crippen molar-refractivity contribution in [1.29, 1.82) is 0 Å². The molecule has 22 heavy (non-hydrogen) atoms. The third-order valence-electron chi connectivity index (χ3n) is 3.76. The quantitative estimate of drug-likeness (QED) is 0.637. The number of hydrogen-bond donors (Lipinski definition) is 2. The van der Waals surface area contributed by atoms with Crippen molar-refractivity contribution in [2.75, 3.05) is 6.54 Å². The Morgan fingerprint density at radius 1 is 1.41 bits per heavy atom. The van der Waals surface area contributed by atoms with Crippen LogP contribution < -0.4 is 10.0 Å². The zero-order valence-corrected chi connectivity index (χ0v) is 14.0. The van der Waals surface area contributed by atoms with Gasteiger partial charge >= 0.3 is 0 Å². The molecule has 2 N–H and O–H groups in total. The van der Waals surface area contributed by atoms with E-state index in [-0.39, 0.29) is 35.1 Å². The van der Waals surface area contributed by atoms with Crippen molar-refractivity contribution in [3.05, 3.63) is 33.9 Å². The van der Waals surface area contributed by atoms with Gasteiger partial charge in [0.2, 0.25) is 10.0 Å². The normalized spacial score (nSPS) is 21.9. The number of nitrogens with zero attached hydrogens (tertiary/aromatic N) is 1. The van der Waals surface area contributed by atoms with Crippen molar-refractivity contribution in [2.24, 2.45) is 0 Å². The molecule has 9 heteroatoms. The summed E-state index contributed by atoms with van der Waals surface area (Å²) in [6, 6.07) is 3.79. The molecule has 1 aromatic carbocycles. The average Bonchev–Trinajstić information content (AvgIpc) is 2.41. The molecule has 1 aliphatic rings. The van der Waals surface area contributed by atoms with E-state index in [4.69, 9.17) is 0 Å². The van der Waals surface area contributed by atoms with Crippen LogP contribution in [0, 0.1) is 17.0 Å². The number of rotatable bonds is 4. The minimum atomic E-state index is -3.76. The van der Waals surface area contributed by atoms with Crippen LogP contribution in [0.25, 0.3) is 0 Å². The fourth-order valence-electron chi connectivity index (χ4n) is 2.43. The van der Waals surface area contributed by atoms with Gasteiger partial charge in [-0.2, -0.15) is 0 Å². The lowest BCUT2D eigenvalue weighted by molar-refractivity contribution is -0.385. The van der Waals surface area contributed by atoms with E-state index in [2.05, 4.69) is 10.0 Å². The van der Waals surface area contributed by atoms with Gasteiger partial charge in [0.15, 0.2) is 0 Å². The number of aryl methyl sites for hydroxylation is 1. The smallest absolute Gasteiger partial charge is 0.273 e. The predicted molar refractivity (Wildman–Crippen MR) is 85.9 cm³/mol. The first-order valence-electron chi connectivity index (χ1n) is 6.82. The largest absolute Gasteiger partial charge is 0.313 e. The molecule has 1 heterocycles. The van der Waals surface area contributed by atoms with E-state index in [1.54, 1.807) is 6.92 Å². The summed E-state index contributed by atoms with van der Waals surface area (Å²) in [6.45, 7) is 4.37. The van der Waals surface area contributed by atoms with Gasteiger partial charge in [0.1, 0.15) is 0 Å². The minimum absolute atomic E-state index is 0. The molecule has 2 unspecified atom stereocenters. The van der Waals surface area contributed by atoms with E-state index in [0.717, 1.165) is 25.5 Å². The highest BCUT2D eigenvalue weighted by Gasteiger charge is 2.27. The number of nitro groups is 1. The van der Waals surface area contributed by atoms with Gasteiger partial charge in [0.05, 0.1) is 9.82 Å². The number of piperidine rings is 1. The minimum Gasteiger partial charge on any atom is -0.313 e. The molecule has 0 aromatic heterocycles. The molecule has 0 radical (unpaired) electrons. The maximum atomic E-state index is 12.4. The van der Waals surface area contributed by atoms with E-state index in [1.165, 1.54) is 12.1 Å². The Labute approximate surface area is 136 Å². The summed E-state index contributed by atoms with van der Waals surface area (Å²) in [4.78, 5) is 10.3. The van der Waals surface area contributed by atoms with Crippen LogP contribution >= 0.6 is 12.4 Å². The topological polar surface area (TPSA) is 101 Å². The van der Waals surface area contributed by atoms with E-state index >= 15 is 0 Å². The molecule has 0 spiro atoms. The fourth-order valence-corrected chi connectivity index (χ4v) is 3.80. The van der Waals surface area contributed by atoms with Crippen LogP contribution in [0.5, 0.6) is 0 Å². The molecule has 2 atom stereocenters. The zero-order valence-electron chi connectivity index (χ0n) is 12.4. The lowest BCUT2D eigenvalue weighted by Gasteiger charge is -2.30. The first kappa shape index (κ1) is 18.8. The second-order valence-corrected chi connectivity index (χ2v) is 7.03. The van der Waals surface area contributed by atoms with Crippen LogP contribution in [0.4, 0.5) is 5.69 Å². The Bertz CT molecular complexity index is 651. The van der Waals surface area contributed by atoms with Gasteiger partial charge in [0.25, 0.3) is 5.69 Å². The number of halogens is 1. The summed E-state index contributed by atoms with van der Waals surface area (Å²) in [5.74, 6) is 0. The Morgan fingerprint density at radius 2 is 2.09 bits per heavy atom. The van der Waals surface area contributed by atoms with E-state index < -0.39 is 14.9 Å². The number of benzene rings is 1. The second kappa shape index (κ2) is 7.36. The Kier molecular flexibility index (Phi) is 6.30. The van der Waals surface area contributed by atoms with Crippen molar-refractivity contribution < 1.29 is 13.3 Å². The number of nitrogens with one attached hydrogen (secondary N) is 2. The van der Waals surface area contributed by atoms with Crippen molar-refractivity contribution >= 4 is 28.1 Å². The third kappa shape index (κ3) is 4.16. The highest BCUT2D eigenvalue weighted by atomic mass is 35.5. The van der Waals surface area contributed by atoms with Crippen molar-refractivity contribution in [3.8, 4) is 0 Å². The molecular weight excluding hydrogens is 330 g/mol. The number of sulfonamides is 1. The van der Waals surface area contributed by atoms with E-state index in [0.29, 0.717) is 5.56 Å².